The fraction of sp³-hybridized carbons (Fsp3) is 0.326. The van der Waals surface area contributed by atoms with Crippen LogP contribution in [0, 0.1) is 0 Å². The summed E-state index contributed by atoms with van der Waals surface area (Å²) in [6.07, 6.45) is -0.361. The Balaban J connectivity index is 0.000000288. The molecule has 1 N–H and O–H groups in total. The van der Waals surface area contributed by atoms with Crippen molar-refractivity contribution in [1.82, 2.24) is 4.98 Å². The van der Waals surface area contributed by atoms with Gasteiger partial charge in [0.2, 0.25) is 0 Å². The predicted octanol–water partition coefficient (Wildman–Crippen LogP) is 10.0. The van der Waals surface area contributed by atoms with Crippen LogP contribution in [0.4, 0.5) is 5.13 Å². The van der Waals surface area contributed by atoms with E-state index in [2.05, 4.69) is 10.3 Å². The second kappa shape index (κ2) is 24.0. The van der Waals surface area contributed by atoms with Gasteiger partial charge in [-0.15, -0.1) is 11.3 Å². The summed E-state index contributed by atoms with van der Waals surface area (Å²) >= 11 is 1.22. The van der Waals surface area contributed by atoms with E-state index in [1.807, 2.05) is 74.5 Å². The van der Waals surface area contributed by atoms with Gasteiger partial charge in [0.05, 0.1) is 51.0 Å². The van der Waals surface area contributed by atoms with Crippen LogP contribution in [0.1, 0.15) is 54.1 Å². The molecule has 16 heteroatoms. The molecular weight excluding hydrogens is 800 g/mol. The Morgan fingerprint density at radius 1 is 0.678 bits per heavy atom. The number of methoxy groups -OCH3 is 3. The number of benzene rings is 4. The van der Waals surface area contributed by atoms with Crippen LogP contribution in [-0.4, -0.2) is 76.8 Å². The Hall–Kier alpha value is -5.28. The van der Waals surface area contributed by atoms with Gasteiger partial charge in [0.15, 0.2) is 5.13 Å². The average molecular weight is 851 g/mol. The lowest BCUT2D eigenvalue weighted by Crippen LogP contribution is -2.18. The molecule has 0 bridgehead atoms. The molecule has 4 aromatic carbocycles. The average Bonchev–Trinajstić information content (AvgIpc) is 3.64. The summed E-state index contributed by atoms with van der Waals surface area (Å²) < 4.78 is 61.8. The van der Waals surface area contributed by atoms with Crippen molar-refractivity contribution in [1.29, 1.82) is 0 Å². The zero-order valence-electron chi connectivity index (χ0n) is 34.2. The Kier molecular flexibility index (Phi) is 18.8. The fourth-order valence-corrected chi connectivity index (χ4v) is 7.77. The van der Waals surface area contributed by atoms with Crippen molar-refractivity contribution >= 4 is 35.9 Å². The first kappa shape index (κ1) is 46.4. The van der Waals surface area contributed by atoms with Gasteiger partial charge in [-0.05, 0) is 76.2 Å². The minimum absolute atomic E-state index is 0.0246. The third kappa shape index (κ3) is 15.8. The van der Waals surface area contributed by atoms with Crippen LogP contribution < -0.4 is 24.3 Å². The molecule has 0 aliphatic rings. The molecule has 0 saturated carbocycles. The van der Waals surface area contributed by atoms with Crippen molar-refractivity contribution in [3.8, 4) is 34.5 Å². The lowest BCUT2D eigenvalue weighted by atomic mass is 10.2. The number of aromatic nitrogens is 1. The smallest absolute Gasteiger partial charge is 0.338 e. The Bertz CT molecular complexity index is 2090. The number of anilines is 1. The number of thiazole rings is 1. The lowest BCUT2D eigenvalue weighted by molar-refractivity contribution is 0.0598. The van der Waals surface area contributed by atoms with Gasteiger partial charge in [-0.25, -0.2) is 9.78 Å². The van der Waals surface area contributed by atoms with Crippen molar-refractivity contribution in [2.75, 3.05) is 53.1 Å². The molecule has 0 saturated heterocycles. The number of amides is 1. The van der Waals surface area contributed by atoms with E-state index in [1.54, 1.807) is 69.8 Å². The molecule has 5 rings (SSSR count). The molecule has 5 aromatic rings. The van der Waals surface area contributed by atoms with Gasteiger partial charge in [0.1, 0.15) is 46.7 Å². The zero-order chi connectivity index (χ0) is 42.6. The summed E-state index contributed by atoms with van der Waals surface area (Å²) in [7, 11) is 1.24. The number of hydrogen-bond donors (Lipinski definition) is 1. The van der Waals surface area contributed by atoms with Crippen molar-refractivity contribution in [2.45, 2.75) is 46.1 Å². The third-order valence-electron chi connectivity index (χ3n) is 7.66. The maximum Gasteiger partial charge on any atom is 0.338 e. The summed E-state index contributed by atoms with van der Waals surface area (Å²) in [5, 5.41) is 4.87. The summed E-state index contributed by atoms with van der Waals surface area (Å²) in [5.41, 5.74) is 1.20. The molecule has 0 radical (unpaired) electrons. The number of carbonyl (C=O) groups excluding carboxylic acids is 2. The molecule has 0 fully saturated rings. The van der Waals surface area contributed by atoms with E-state index >= 15 is 0 Å². The number of hydrogen-bond acceptors (Lipinski definition) is 14. The zero-order valence-corrected chi connectivity index (χ0v) is 35.9. The highest BCUT2D eigenvalue weighted by atomic mass is 32.1. The fourth-order valence-electron chi connectivity index (χ4n) is 5.34. The molecule has 59 heavy (non-hydrogen) atoms. The SMILES string of the molecule is CCOP(=O)(Cc1csc(NC(=O)c2cc(Oc3ccccc3)cc(O[C@@H](C)COC)c2)n1)OCC.COC[C@H](C)Oc1cc(Oc2ccccc2)cc(C(=O)OC)c1. The van der Waals surface area contributed by atoms with Crippen LogP contribution in [0.5, 0.6) is 34.5 Å². The van der Waals surface area contributed by atoms with E-state index in [1.165, 1.54) is 18.4 Å². The largest absolute Gasteiger partial charge is 0.488 e. The summed E-state index contributed by atoms with van der Waals surface area (Å²) in [5.74, 6) is 2.38. The van der Waals surface area contributed by atoms with Gasteiger partial charge in [-0.3, -0.25) is 14.7 Å². The minimum Gasteiger partial charge on any atom is -0.488 e. The summed E-state index contributed by atoms with van der Waals surface area (Å²) in [4.78, 5) is 29.3. The maximum absolute atomic E-state index is 13.1. The first-order valence-corrected chi connectivity index (χ1v) is 21.4. The molecular formula is C43H51N2O12PS. The molecule has 316 valence electrons. The maximum atomic E-state index is 13.1. The number of nitrogens with zero attached hydrogens (tertiary/aromatic N) is 1. The number of nitrogens with one attached hydrogen (secondary N) is 1. The van der Waals surface area contributed by atoms with Crippen LogP contribution in [-0.2, 0) is 34.0 Å². The van der Waals surface area contributed by atoms with Crippen LogP contribution in [0.15, 0.2) is 102 Å². The Labute approximate surface area is 349 Å². The van der Waals surface area contributed by atoms with Crippen LogP contribution in [0.2, 0.25) is 0 Å². The van der Waals surface area contributed by atoms with Crippen molar-refractivity contribution in [3.05, 3.63) is 119 Å². The second-order valence-corrected chi connectivity index (χ2v) is 15.6. The third-order valence-corrected chi connectivity index (χ3v) is 10.5. The van der Waals surface area contributed by atoms with Gasteiger partial charge >= 0.3 is 13.6 Å². The predicted molar refractivity (Wildman–Crippen MR) is 226 cm³/mol. The summed E-state index contributed by atoms with van der Waals surface area (Å²) in [6, 6.07) is 28.5. The molecule has 1 heterocycles. The van der Waals surface area contributed by atoms with Gasteiger partial charge in [0.25, 0.3) is 5.91 Å². The minimum atomic E-state index is -3.30. The first-order valence-electron chi connectivity index (χ1n) is 18.8. The van der Waals surface area contributed by atoms with E-state index in [4.69, 9.17) is 42.2 Å². The molecule has 14 nitrogen and oxygen atoms in total. The second-order valence-electron chi connectivity index (χ2n) is 12.7. The van der Waals surface area contributed by atoms with Gasteiger partial charge in [0, 0.05) is 37.3 Å². The molecule has 1 amide bonds. The number of carbonyl (C=O) groups is 2. The van der Waals surface area contributed by atoms with E-state index in [-0.39, 0.29) is 31.6 Å². The standard InChI is InChI=1S/C25H31N2O7PS.C18H20O5/c1-5-31-35(29,32-6-2)16-20-17-36-25(26-20)27-24(28)19-12-22(33-18(3)15-30-4)14-23(13-19)34-21-10-8-7-9-11-21;1-13(12-20-2)22-16-9-14(18(19)21-3)10-17(11-16)23-15-7-5-4-6-8-15/h7-14,17-18H,5-6,15-16H2,1-4H3,(H,26,27,28);4-11,13H,12H2,1-3H3/t18-;13-/m00/s1. The molecule has 0 unspecified atom stereocenters. The highest BCUT2D eigenvalue weighted by Crippen LogP contribution is 2.51. The van der Waals surface area contributed by atoms with Crippen LogP contribution in [0.25, 0.3) is 0 Å². The van der Waals surface area contributed by atoms with Crippen molar-refractivity contribution in [2.24, 2.45) is 0 Å². The molecule has 0 aliphatic carbocycles. The van der Waals surface area contributed by atoms with Gasteiger partial charge in [-0.2, -0.15) is 0 Å². The molecule has 1 aromatic heterocycles. The molecule has 0 aliphatic heterocycles. The monoisotopic (exact) mass is 850 g/mol. The normalized spacial score (nSPS) is 12.0. The van der Waals surface area contributed by atoms with Gasteiger partial charge < -0.3 is 42.2 Å². The first-order chi connectivity index (χ1) is 28.5. The van der Waals surface area contributed by atoms with Crippen LogP contribution >= 0.6 is 18.9 Å². The van der Waals surface area contributed by atoms with E-state index < -0.39 is 19.5 Å². The van der Waals surface area contributed by atoms with Crippen LogP contribution in [0.3, 0.4) is 0 Å². The number of ether oxygens (including phenoxy) is 7. The number of esters is 1. The number of rotatable bonds is 21. The Morgan fingerprint density at radius 2 is 1.15 bits per heavy atom. The van der Waals surface area contributed by atoms with E-state index in [0.717, 1.165) is 0 Å². The van der Waals surface area contributed by atoms with E-state index in [0.29, 0.717) is 69.7 Å². The highest BCUT2D eigenvalue weighted by Gasteiger charge is 2.26. The van der Waals surface area contributed by atoms with Gasteiger partial charge in [-0.1, -0.05) is 36.4 Å². The van der Waals surface area contributed by atoms with Crippen molar-refractivity contribution < 1.29 is 56.4 Å². The lowest BCUT2D eigenvalue weighted by Gasteiger charge is -2.16. The number of para-hydroxylation sites is 2. The molecule has 2 atom stereocenters. The van der Waals surface area contributed by atoms with Crippen molar-refractivity contribution in [3.63, 3.8) is 0 Å². The quantitative estimate of drug-likeness (QED) is 0.0550. The topological polar surface area (TPSA) is 159 Å². The summed E-state index contributed by atoms with van der Waals surface area (Å²) in [6.45, 7) is 8.61. The Morgan fingerprint density at radius 3 is 1.63 bits per heavy atom. The van der Waals surface area contributed by atoms with E-state index in [9.17, 15) is 14.2 Å². The highest BCUT2D eigenvalue weighted by molar-refractivity contribution is 7.53. The molecule has 0 spiro atoms.